The van der Waals surface area contributed by atoms with Crippen molar-refractivity contribution in [2.75, 3.05) is 20.3 Å². The fraction of sp³-hybridized carbons (Fsp3) is 0.600. The van der Waals surface area contributed by atoms with Crippen LogP contribution in [0.15, 0.2) is 24.3 Å². The van der Waals surface area contributed by atoms with E-state index in [2.05, 4.69) is 0 Å². The Morgan fingerprint density at radius 2 is 1.89 bits per heavy atom. The Morgan fingerprint density at radius 3 is 2.50 bits per heavy atom. The fourth-order valence-electron chi connectivity index (χ4n) is 2.45. The molecule has 3 heteroatoms. The summed E-state index contributed by atoms with van der Waals surface area (Å²) in [6, 6.07) is 7.47. The van der Waals surface area contributed by atoms with Crippen molar-refractivity contribution in [1.82, 2.24) is 0 Å². The van der Waals surface area contributed by atoms with Gasteiger partial charge in [-0.2, -0.15) is 0 Å². The number of methoxy groups -OCH3 is 1. The summed E-state index contributed by atoms with van der Waals surface area (Å²) < 4.78 is 10.7. The van der Waals surface area contributed by atoms with Crippen molar-refractivity contribution in [2.45, 2.75) is 31.8 Å². The molecule has 0 saturated heterocycles. The van der Waals surface area contributed by atoms with Gasteiger partial charge in [-0.05, 0) is 36.5 Å². The van der Waals surface area contributed by atoms with E-state index in [1.807, 2.05) is 24.3 Å². The summed E-state index contributed by atoms with van der Waals surface area (Å²) in [6.07, 6.45) is 4.67. The van der Waals surface area contributed by atoms with Crippen LogP contribution in [0.2, 0.25) is 0 Å². The van der Waals surface area contributed by atoms with E-state index in [-0.39, 0.29) is 0 Å². The van der Waals surface area contributed by atoms with E-state index in [0.717, 1.165) is 17.9 Å². The number of hydrogen-bond donors (Lipinski definition) is 1. The molecule has 2 rings (SSSR count). The molecule has 1 fully saturated rings. The molecule has 100 valence electrons. The highest BCUT2D eigenvalue weighted by Crippen LogP contribution is 2.25. The first kappa shape index (κ1) is 13.4. The second-order valence-electron chi connectivity index (χ2n) is 4.98. The number of benzene rings is 1. The van der Waals surface area contributed by atoms with Gasteiger partial charge in [0.05, 0.1) is 13.7 Å². The molecule has 0 amide bonds. The van der Waals surface area contributed by atoms with Gasteiger partial charge in [0.15, 0.2) is 0 Å². The smallest absolute Gasteiger partial charge is 0.118 e. The summed E-state index contributed by atoms with van der Waals surface area (Å²) in [6.45, 7) is 1.16. The molecule has 0 radical (unpaired) electrons. The second-order valence-corrected chi connectivity index (χ2v) is 4.98. The van der Waals surface area contributed by atoms with E-state index in [1.54, 1.807) is 7.11 Å². The molecule has 3 nitrogen and oxygen atoms in total. The molecule has 1 aliphatic rings. The standard InChI is InChI=1S/C15H22O3/c1-17-14-8-6-13(7-9-14)15(16)11-18-10-12-4-2-3-5-12/h6-9,12,15-16H,2-5,10-11H2,1H3. The Labute approximate surface area is 109 Å². The molecule has 1 saturated carbocycles. The highest BCUT2D eigenvalue weighted by Gasteiger charge is 2.16. The average Bonchev–Trinajstić information content (AvgIpc) is 2.92. The number of rotatable bonds is 6. The third-order valence-electron chi connectivity index (χ3n) is 3.60. The number of aliphatic hydroxyl groups is 1. The van der Waals surface area contributed by atoms with Crippen LogP contribution >= 0.6 is 0 Å². The first-order chi connectivity index (χ1) is 8.79. The van der Waals surface area contributed by atoms with Crippen LogP contribution in [-0.4, -0.2) is 25.4 Å². The van der Waals surface area contributed by atoms with Crippen LogP contribution in [0, 0.1) is 5.92 Å². The Bertz CT molecular complexity index is 341. The zero-order valence-corrected chi connectivity index (χ0v) is 11.0. The normalized spacial score (nSPS) is 17.9. The molecule has 1 N–H and O–H groups in total. The zero-order valence-electron chi connectivity index (χ0n) is 11.0. The maximum Gasteiger partial charge on any atom is 0.118 e. The molecule has 0 heterocycles. The van der Waals surface area contributed by atoms with Gasteiger partial charge in [-0.25, -0.2) is 0 Å². The minimum atomic E-state index is -0.544. The number of aliphatic hydroxyl groups excluding tert-OH is 1. The molecule has 1 unspecified atom stereocenters. The number of hydrogen-bond acceptors (Lipinski definition) is 3. The molecule has 1 aliphatic carbocycles. The van der Waals surface area contributed by atoms with Crippen LogP contribution in [0.1, 0.15) is 37.4 Å². The lowest BCUT2D eigenvalue weighted by Gasteiger charge is -2.14. The molecule has 1 aromatic carbocycles. The van der Waals surface area contributed by atoms with Gasteiger partial charge in [0, 0.05) is 6.61 Å². The van der Waals surface area contributed by atoms with Crippen LogP contribution in [0.25, 0.3) is 0 Å². The van der Waals surface area contributed by atoms with Crippen molar-refractivity contribution in [3.63, 3.8) is 0 Å². The van der Waals surface area contributed by atoms with E-state index in [9.17, 15) is 5.11 Å². The first-order valence-electron chi connectivity index (χ1n) is 6.69. The topological polar surface area (TPSA) is 38.7 Å². The minimum absolute atomic E-state index is 0.378. The molecule has 0 bridgehead atoms. The van der Waals surface area contributed by atoms with Gasteiger partial charge in [-0.15, -0.1) is 0 Å². The predicted molar refractivity (Wildman–Crippen MR) is 70.7 cm³/mol. The van der Waals surface area contributed by atoms with E-state index >= 15 is 0 Å². The molecule has 18 heavy (non-hydrogen) atoms. The number of ether oxygens (including phenoxy) is 2. The van der Waals surface area contributed by atoms with Gasteiger partial charge >= 0.3 is 0 Å². The van der Waals surface area contributed by atoms with Gasteiger partial charge in [-0.1, -0.05) is 25.0 Å². The highest BCUT2D eigenvalue weighted by molar-refractivity contribution is 5.28. The minimum Gasteiger partial charge on any atom is -0.497 e. The monoisotopic (exact) mass is 250 g/mol. The third-order valence-corrected chi connectivity index (χ3v) is 3.60. The van der Waals surface area contributed by atoms with Gasteiger partial charge in [0.25, 0.3) is 0 Å². The van der Waals surface area contributed by atoms with E-state index < -0.39 is 6.10 Å². The molecular formula is C15H22O3. The summed E-state index contributed by atoms with van der Waals surface area (Å²) in [7, 11) is 1.64. The molecule has 0 aromatic heterocycles. The SMILES string of the molecule is COc1ccc(C(O)COCC2CCCC2)cc1. The van der Waals surface area contributed by atoms with Gasteiger partial charge in [0.2, 0.25) is 0 Å². The van der Waals surface area contributed by atoms with Crippen LogP contribution in [0.4, 0.5) is 0 Å². The fourth-order valence-corrected chi connectivity index (χ4v) is 2.45. The lowest BCUT2D eigenvalue weighted by molar-refractivity contribution is 0.0211. The van der Waals surface area contributed by atoms with Crippen molar-refractivity contribution in [2.24, 2.45) is 5.92 Å². The van der Waals surface area contributed by atoms with E-state index in [0.29, 0.717) is 12.5 Å². The Morgan fingerprint density at radius 1 is 1.22 bits per heavy atom. The maximum absolute atomic E-state index is 9.99. The summed E-state index contributed by atoms with van der Waals surface area (Å²) in [4.78, 5) is 0. The zero-order chi connectivity index (χ0) is 12.8. The Balaban J connectivity index is 1.74. The van der Waals surface area contributed by atoms with Crippen LogP contribution in [-0.2, 0) is 4.74 Å². The Kier molecular flexibility index (Phi) is 5.02. The van der Waals surface area contributed by atoms with Crippen molar-refractivity contribution in [3.8, 4) is 5.75 Å². The van der Waals surface area contributed by atoms with Gasteiger partial charge in [-0.3, -0.25) is 0 Å². The predicted octanol–water partition coefficient (Wildman–Crippen LogP) is 2.94. The largest absolute Gasteiger partial charge is 0.497 e. The molecule has 0 aliphatic heterocycles. The van der Waals surface area contributed by atoms with E-state index in [4.69, 9.17) is 9.47 Å². The highest BCUT2D eigenvalue weighted by atomic mass is 16.5. The van der Waals surface area contributed by atoms with Crippen molar-refractivity contribution in [3.05, 3.63) is 29.8 Å². The van der Waals surface area contributed by atoms with Crippen LogP contribution < -0.4 is 4.74 Å². The van der Waals surface area contributed by atoms with Gasteiger partial charge < -0.3 is 14.6 Å². The second kappa shape index (κ2) is 6.76. The Hall–Kier alpha value is -1.06. The lowest BCUT2D eigenvalue weighted by Crippen LogP contribution is -2.12. The molecule has 0 spiro atoms. The quantitative estimate of drug-likeness (QED) is 0.843. The van der Waals surface area contributed by atoms with E-state index in [1.165, 1.54) is 25.7 Å². The van der Waals surface area contributed by atoms with Gasteiger partial charge in [0.1, 0.15) is 11.9 Å². The third kappa shape index (κ3) is 3.72. The molecular weight excluding hydrogens is 228 g/mol. The molecule has 1 atom stereocenters. The van der Waals surface area contributed by atoms with Crippen LogP contribution in [0.5, 0.6) is 5.75 Å². The summed E-state index contributed by atoms with van der Waals surface area (Å²) in [5.74, 6) is 1.51. The molecule has 1 aromatic rings. The summed E-state index contributed by atoms with van der Waals surface area (Å²) in [5.41, 5.74) is 0.877. The summed E-state index contributed by atoms with van der Waals surface area (Å²) in [5, 5.41) is 9.99. The van der Waals surface area contributed by atoms with Crippen LogP contribution in [0.3, 0.4) is 0 Å². The first-order valence-corrected chi connectivity index (χ1v) is 6.69. The van der Waals surface area contributed by atoms with Crippen molar-refractivity contribution >= 4 is 0 Å². The lowest BCUT2D eigenvalue weighted by atomic mass is 10.1. The van der Waals surface area contributed by atoms with Crippen molar-refractivity contribution < 1.29 is 14.6 Å². The average molecular weight is 250 g/mol. The maximum atomic E-state index is 9.99. The van der Waals surface area contributed by atoms with Crippen molar-refractivity contribution in [1.29, 1.82) is 0 Å². The summed E-state index contributed by atoms with van der Waals surface area (Å²) >= 11 is 0.